The molecular formula is C48H47N6NaO7. The normalized spacial score (nSPS) is 10.6. The summed E-state index contributed by atoms with van der Waals surface area (Å²) >= 11 is 0. The van der Waals surface area contributed by atoms with E-state index in [0.29, 0.717) is 50.0 Å². The van der Waals surface area contributed by atoms with Crippen LogP contribution in [0.2, 0.25) is 0 Å². The molecule has 0 aliphatic rings. The van der Waals surface area contributed by atoms with Gasteiger partial charge in [-0.3, -0.25) is 9.59 Å². The number of nitrogens with two attached hydrogens (primary N) is 2. The van der Waals surface area contributed by atoms with Gasteiger partial charge in [0.25, 0.3) is 0 Å². The van der Waals surface area contributed by atoms with Gasteiger partial charge in [0.1, 0.15) is 36.0 Å². The van der Waals surface area contributed by atoms with Gasteiger partial charge in [-0.1, -0.05) is 72.8 Å². The number of nitrogens with zero attached hydrogens (tertiary/aromatic N) is 4. The molecule has 4 aromatic heterocycles. The number of hydrogen-bond donors (Lipinski definition) is 3. The van der Waals surface area contributed by atoms with Crippen molar-refractivity contribution in [2.45, 2.75) is 46.1 Å². The zero-order valence-corrected chi connectivity index (χ0v) is 36.7. The van der Waals surface area contributed by atoms with Crippen LogP contribution in [0.3, 0.4) is 0 Å². The van der Waals surface area contributed by atoms with Crippen LogP contribution >= 0.6 is 0 Å². The van der Waals surface area contributed by atoms with E-state index in [2.05, 4.69) is 40.3 Å². The largest absolute Gasteiger partial charge is 1.00 e. The predicted octanol–water partition coefficient (Wildman–Crippen LogP) is 4.64. The molecule has 8 rings (SSSR count). The van der Waals surface area contributed by atoms with Crippen molar-refractivity contribution in [2.75, 3.05) is 6.61 Å². The van der Waals surface area contributed by atoms with Crippen LogP contribution < -0.4 is 50.5 Å². The zero-order chi connectivity index (χ0) is 41.8. The van der Waals surface area contributed by atoms with Crippen molar-refractivity contribution < 1.29 is 63.9 Å². The van der Waals surface area contributed by atoms with Crippen molar-refractivity contribution >= 4 is 23.2 Å². The first kappa shape index (κ1) is 46.7. The van der Waals surface area contributed by atoms with Gasteiger partial charge < -0.3 is 45.1 Å². The third kappa shape index (κ3) is 11.7. The van der Waals surface area contributed by atoms with Crippen molar-refractivity contribution in [3.63, 3.8) is 0 Å². The van der Waals surface area contributed by atoms with Gasteiger partial charge in [0.05, 0.1) is 19.4 Å². The number of carbonyl (C=O) groups excluding carboxylic acids is 1. The minimum atomic E-state index is -0.886. The number of carboxylic acids is 1. The fourth-order valence-corrected chi connectivity index (χ4v) is 6.93. The second-order valence-electron chi connectivity index (χ2n) is 14.0. The molecule has 8 aromatic rings. The first-order chi connectivity index (χ1) is 29.3. The van der Waals surface area contributed by atoms with Crippen LogP contribution in [0, 0.1) is 0 Å². The summed E-state index contributed by atoms with van der Waals surface area (Å²) in [5, 5.41) is 9.10. The number of aliphatic carboxylic acids is 1. The molecule has 0 unspecified atom stereocenters. The minimum Gasteiger partial charge on any atom is -0.870 e. The van der Waals surface area contributed by atoms with Crippen LogP contribution in [0.4, 0.5) is 0 Å². The molecule has 6 N–H and O–H groups in total. The average molecular weight is 843 g/mol. The van der Waals surface area contributed by atoms with Crippen molar-refractivity contribution in [1.82, 2.24) is 18.8 Å². The Kier molecular flexibility index (Phi) is 17.0. The molecule has 0 aliphatic heterocycles. The molecule has 0 atom stereocenters. The van der Waals surface area contributed by atoms with Crippen molar-refractivity contribution in [2.24, 2.45) is 11.5 Å². The minimum absolute atomic E-state index is 0. The number of ether oxygens (including phenoxy) is 3. The number of benzene rings is 4. The maximum absolute atomic E-state index is 11.9. The second kappa shape index (κ2) is 22.5. The van der Waals surface area contributed by atoms with E-state index in [1.54, 1.807) is 31.5 Å². The Balaban J connectivity index is 0.000000227. The van der Waals surface area contributed by atoms with Crippen LogP contribution in [-0.4, -0.2) is 47.9 Å². The molecule has 0 saturated heterocycles. The Bertz CT molecular complexity index is 2750. The van der Waals surface area contributed by atoms with E-state index in [0.717, 1.165) is 61.4 Å². The van der Waals surface area contributed by atoms with Gasteiger partial charge in [-0.15, -0.1) is 0 Å². The van der Waals surface area contributed by atoms with Crippen LogP contribution in [0.5, 0.6) is 11.5 Å². The van der Waals surface area contributed by atoms with Gasteiger partial charge in [0.2, 0.25) is 0 Å². The number of para-hydroxylation sites is 2. The molecule has 13 nitrogen and oxygen atoms in total. The van der Waals surface area contributed by atoms with E-state index < -0.39 is 5.97 Å². The Morgan fingerprint density at radius 3 is 1.55 bits per heavy atom. The number of imidazole rings is 2. The standard InChI is InChI=1S/C25H25N3O3.C23H21N3O3.Na.H2O/c1-2-30-24(29)14-21-7-3-4-9-23(21)31-17-19-13-22(25-27-10-11-28(25)16-19)20-8-5-6-18(12-20)15-26;24-13-16-4-3-6-18(10-16)20-11-17(14-26-9-8-25-23(20)26)15-29-21-7-2-1-5-19(21)12-22(27)28;;/h3-13,16H,2,14-15,17,26H2,1H3;1-11,14H,12-13,15,24H2,(H,27,28);;1H2/q;;+1;/p-1. The van der Waals surface area contributed by atoms with Crippen LogP contribution in [0.1, 0.15) is 40.3 Å². The molecule has 4 aromatic carbocycles. The summed E-state index contributed by atoms with van der Waals surface area (Å²) in [7, 11) is 0. The molecule has 0 fully saturated rings. The van der Waals surface area contributed by atoms with E-state index in [9.17, 15) is 9.59 Å². The van der Waals surface area contributed by atoms with Crippen molar-refractivity contribution in [3.05, 3.63) is 180 Å². The first-order valence-electron chi connectivity index (χ1n) is 19.6. The summed E-state index contributed by atoms with van der Waals surface area (Å²) in [5.41, 5.74) is 23.0. The topological polar surface area (TPSA) is 199 Å². The maximum atomic E-state index is 11.9. The van der Waals surface area contributed by atoms with Gasteiger partial charge in [-0.2, -0.15) is 0 Å². The van der Waals surface area contributed by atoms with E-state index in [1.165, 1.54) is 0 Å². The Morgan fingerprint density at radius 2 is 1.10 bits per heavy atom. The number of rotatable bonds is 15. The molecule has 0 radical (unpaired) electrons. The summed E-state index contributed by atoms with van der Waals surface area (Å²) in [6, 6.07) is 35.1. The molecule has 4 heterocycles. The zero-order valence-electron chi connectivity index (χ0n) is 34.7. The molecule has 312 valence electrons. The molecule has 0 aliphatic carbocycles. The Morgan fingerprint density at radius 1 is 0.629 bits per heavy atom. The Hall–Kier alpha value is -6.32. The fraction of sp³-hybridized carbons (Fsp3) is 0.167. The number of pyridine rings is 2. The molecule has 62 heavy (non-hydrogen) atoms. The number of fused-ring (bicyclic) bond motifs is 2. The summed E-state index contributed by atoms with van der Waals surface area (Å²) in [6.07, 6.45) is 11.4. The summed E-state index contributed by atoms with van der Waals surface area (Å²) < 4.78 is 21.1. The summed E-state index contributed by atoms with van der Waals surface area (Å²) in [4.78, 5) is 32.0. The number of hydrogen-bond acceptors (Lipinski definition) is 10. The van der Waals surface area contributed by atoms with E-state index in [1.807, 2.05) is 100 Å². The fourth-order valence-electron chi connectivity index (χ4n) is 6.93. The van der Waals surface area contributed by atoms with Gasteiger partial charge in [-0.05, 0) is 65.6 Å². The van der Waals surface area contributed by atoms with Crippen molar-refractivity contribution in [1.29, 1.82) is 0 Å². The first-order valence-corrected chi connectivity index (χ1v) is 19.6. The second-order valence-corrected chi connectivity index (χ2v) is 14.0. The SMILES string of the molecule is CCOC(=O)Cc1ccccc1OCc1cc(-c2cccc(CN)c2)c2nccn2c1.NCc1cccc(-c2cc(COc3ccccc3CC(=O)O)cn3ccnc23)c1.[Na+].[OH-]. The van der Waals surface area contributed by atoms with Gasteiger partial charge in [-0.25, -0.2) is 9.97 Å². The van der Waals surface area contributed by atoms with Crippen LogP contribution in [-0.2, 0) is 53.5 Å². The van der Waals surface area contributed by atoms with Gasteiger partial charge in [0, 0.05) is 83.7 Å². The number of aromatic nitrogens is 4. The molecule has 0 amide bonds. The van der Waals surface area contributed by atoms with E-state index >= 15 is 0 Å². The Labute approximate surface area is 381 Å². The third-order valence-electron chi connectivity index (χ3n) is 9.75. The van der Waals surface area contributed by atoms with Gasteiger partial charge >= 0.3 is 41.5 Å². The van der Waals surface area contributed by atoms with E-state index in [-0.39, 0.29) is 53.8 Å². The third-order valence-corrected chi connectivity index (χ3v) is 9.75. The number of carbonyl (C=O) groups is 2. The quantitative estimate of drug-likeness (QED) is 0.0961. The number of esters is 1. The monoisotopic (exact) mass is 842 g/mol. The predicted molar refractivity (Wildman–Crippen MR) is 232 cm³/mol. The molecular weight excluding hydrogens is 796 g/mol. The summed E-state index contributed by atoms with van der Waals surface area (Å²) in [5.74, 6) is 0.101. The van der Waals surface area contributed by atoms with Crippen LogP contribution in [0.15, 0.2) is 146 Å². The van der Waals surface area contributed by atoms with Crippen LogP contribution in [0.25, 0.3) is 33.5 Å². The molecule has 0 spiro atoms. The molecule has 14 heteroatoms. The van der Waals surface area contributed by atoms with E-state index in [4.69, 9.17) is 30.8 Å². The summed E-state index contributed by atoms with van der Waals surface area (Å²) in [6.45, 7) is 3.79. The maximum Gasteiger partial charge on any atom is 1.00 e. The number of carboxylic acid groups (broad SMARTS) is 1. The molecule has 0 saturated carbocycles. The molecule has 0 bridgehead atoms. The van der Waals surface area contributed by atoms with Crippen molar-refractivity contribution in [3.8, 4) is 33.8 Å². The average Bonchev–Trinajstić information content (AvgIpc) is 3.96. The smallest absolute Gasteiger partial charge is 0.870 e. The van der Waals surface area contributed by atoms with Gasteiger partial charge in [0.15, 0.2) is 0 Å².